The average Bonchev–Trinajstić information content (AvgIpc) is 3.01. The van der Waals surface area contributed by atoms with Crippen LogP contribution in [0.15, 0.2) is 29.6 Å². The van der Waals surface area contributed by atoms with Gasteiger partial charge in [-0.2, -0.15) is 5.10 Å². The summed E-state index contributed by atoms with van der Waals surface area (Å²) in [5.41, 5.74) is 3.07. The fraction of sp³-hybridized carbons (Fsp3) is 0.731. The lowest BCUT2D eigenvalue weighted by Gasteiger charge is -2.42. The van der Waals surface area contributed by atoms with Crippen LogP contribution in [0, 0.1) is 11.8 Å². The molecule has 0 saturated heterocycles. The summed E-state index contributed by atoms with van der Waals surface area (Å²) in [7, 11) is -3.99. The van der Waals surface area contributed by atoms with Gasteiger partial charge in [0, 0.05) is 36.7 Å². The highest BCUT2D eigenvalue weighted by Gasteiger charge is 2.49. The molecule has 1 amide bonds. The summed E-state index contributed by atoms with van der Waals surface area (Å²) in [5.74, 6) is -0.265. The van der Waals surface area contributed by atoms with Crippen molar-refractivity contribution in [3.05, 3.63) is 30.1 Å². The highest BCUT2D eigenvalue weighted by molar-refractivity contribution is 6.74. The van der Waals surface area contributed by atoms with E-state index < -0.39 is 22.7 Å². The number of carbonyl (C=O) groups excluding carboxylic acids is 1. The van der Waals surface area contributed by atoms with Gasteiger partial charge in [0.25, 0.3) is 5.91 Å². The van der Waals surface area contributed by atoms with E-state index in [4.69, 9.17) is 8.85 Å². The first-order valence-electron chi connectivity index (χ1n) is 12.7. The summed E-state index contributed by atoms with van der Waals surface area (Å²) in [6, 6.07) is 3.28. The van der Waals surface area contributed by atoms with Crippen LogP contribution in [0.25, 0.3) is 0 Å². The molecule has 2 N–H and O–H groups in total. The molecule has 1 aliphatic carbocycles. The van der Waals surface area contributed by atoms with E-state index in [0.717, 1.165) is 0 Å². The van der Waals surface area contributed by atoms with Gasteiger partial charge in [0.1, 0.15) is 0 Å². The average molecular weight is 522 g/mol. The molecule has 198 valence electrons. The molecule has 4 atom stereocenters. The predicted octanol–water partition coefficient (Wildman–Crippen LogP) is 5.60. The van der Waals surface area contributed by atoms with Crippen LogP contribution < -0.4 is 5.43 Å². The van der Waals surface area contributed by atoms with Gasteiger partial charge in [0.2, 0.25) is 0 Å². The van der Waals surface area contributed by atoms with Crippen molar-refractivity contribution >= 4 is 28.8 Å². The molecule has 1 aromatic heterocycles. The monoisotopic (exact) mass is 521 g/mol. The second kappa shape index (κ2) is 11.3. The topological polar surface area (TPSA) is 93.0 Å². The van der Waals surface area contributed by atoms with E-state index in [1.165, 1.54) is 0 Å². The molecule has 9 heteroatoms. The highest BCUT2D eigenvalue weighted by Crippen LogP contribution is 2.44. The smallest absolute Gasteiger partial charge is 0.271 e. The van der Waals surface area contributed by atoms with Gasteiger partial charge >= 0.3 is 0 Å². The van der Waals surface area contributed by atoms with E-state index in [0.29, 0.717) is 25.0 Å². The third-order valence-electron chi connectivity index (χ3n) is 8.27. The molecule has 1 aromatic rings. The molecule has 0 radical (unpaired) electrons. The van der Waals surface area contributed by atoms with Gasteiger partial charge < -0.3 is 14.0 Å². The third-order valence-corrected chi connectivity index (χ3v) is 17.3. The summed E-state index contributed by atoms with van der Waals surface area (Å²) >= 11 is 0. The zero-order valence-electron chi connectivity index (χ0n) is 23.4. The van der Waals surface area contributed by atoms with Gasteiger partial charge in [-0.25, -0.2) is 5.43 Å². The molecule has 0 bridgehead atoms. The van der Waals surface area contributed by atoms with E-state index in [1.807, 2.05) is 0 Å². The van der Waals surface area contributed by atoms with Crippen molar-refractivity contribution in [2.75, 3.05) is 6.61 Å². The maximum atomic E-state index is 12.2. The van der Waals surface area contributed by atoms with E-state index in [2.05, 4.69) is 83.2 Å². The minimum atomic E-state index is -2.02. The minimum Gasteiger partial charge on any atom is -0.416 e. The van der Waals surface area contributed by atoms with Crippen molar-refractivity contribution in [2.24, 2.45) is 16.9 Å². The van der Waals surface area contributed by atoms with Crippen LogP contribution in [0.2, 0.25) is 36.3 Å². The molecule has 1 aliphatic rings. The van der Waals surface area contributed by atoms with E-state index >= 15 is 0 Å². The molecule has 7 nitrogen and oxygen atoms in total. The summed E-state index contributed by atoms with van der Waals surface area (Å²) < 4.78 is 13.5. The molecular formula is C26H47N3O4Si2. The van der Waals surface area contributed by atoms with Gasteiger partial charge in [0.15, 0.2) is 16.6 Å². The van der Waals surface area contributed by atoms with E-state index in [1.54, 1.807) is 30.7 Å². The molecule has 0 unspecified atom stereocenters. The van der Waals surface area contributed by atoms with Crippen LogP contribution in [0.1, 0.15) is 64.7 Å². The second-order valence-electron chi connectivity index (χ2n) is 12.8. The molecule has 1 heterocycles. The van der Waals surface area contributed by atoms with E-state index in [9.17, 15) is 9.90 Å². The Balaban J connectivity index is 2.15. The minimum absolute atomic E-state index is 0.0453. The van der Waals surface area contributed by atoms with Crippen LogP contribution in [0.3, 0.4) is 0 Å². The largest absolute Gasteiger partial charge is 0.416 e. The van der Waals surface area contributed by atoms with Crippen molar-refractivity contribution in [1.29, 1.82) is 0 Å². The van der Waals surface area contributed by atoms with Crippen LogP contribution >= 0.6 is 0 Å². The number of carbonyl (C=O) groups is 1. The quantitative estimate of drug-likeness (QED) is 0.251. The third kappa shape index (κ3) is 7.79. The number of aromatic nitrogens is 1. The number of nitrogens with zero attached hydrogens (tertiary/aromatic N) is 2. The number of hydrazone groups is 1. The molecule has 1 fully saturated rings. The number of aliphatic hydroxyl groups excluding tert-OH is 1. The van der Waals surface area contributed by atoms with Gasteiger partial charge in [0.05, 0.1) is 12.2 Å². The zero-order valence-corrected chi connectivity index (χ0v) is 25.4. The number of amides is 1. The van der Waals surface area contributed by atoms with Crippen molar-refractivity contribution in [3.8, 4) is 0 Å². The van der Waals surface area contributed by atoms with Gasteiger partial charge in [-0.15, -0.1) is 0 Å². The summed E-state index contributed by atoms with van der Waals surface area (Å²) in [6.07, 6.45) is 5.42. The first-order valence-corrected chi connectivity index (χ1v) is 18.5. The van der Waals surface area contributed by atoms with Crippen molar-refractivity contribution in [2.45, 2.75) is 103 Å². The molecule has 0 aliphatic heterocycles. The normalized spacial score (nSPS) is 24.2. The van der Waals surface area contributed by atoms with Crippen LogP contribution in [0.5, 0.6) is 0 Å². The summed E-state index contributed by atoms with van der Waals surface area (Å²) in [5, 5.41) is 15.4. The molecule has 0 aromatic carbocycles. The molecule has 35 heavy (non-hydrogen) atoms. The van der Waals surface area contributed by atoms with Crippen molar-refractivity contribution in [1.82, 2.24) is 10.4 Å². The first kappa shape index (κ1) is 29.8. The van der Waals surface area contributed by atoms with E-state index in [-0.39, 0.29) is 33.9 Å². The standard InChI is InChI=1S/C26H47N3O4Si2/c1-25(2,3)34(7,8)32-18-21-20(13-16-28-29-24(31)19-11-14-27-15-12-19)22(30)17-23(21)33-35(9,10)26(4,5)6/h11-12,14-16,20-23,30H,13,17-18H2,1-10H3,(H,29,31)/t20-,21-,22+,23-/m0/s1. The van der Waals surface area contributed by atoms with Crippen LogP contribution in [0.4, 0.5) is 0 Å². The number of nitrogens with one attached hydrogen (secondary N) is 1. The maximum absolute atomic E-state index is 12.2. The number of hydrogen-bond donors (Lipinski definition) is 2. The van der Waals surface area contributed by atoms with Crippen molar-refractivity contribution in [3.63, 3.8) is 0 Å². The maximum Gasteiger partial charge on any atom is 0.271 e. The van der Waals surface area contributed by atoms with Crippen LogP contribution in [-0.2, 0) is 8.85 Å². The lowest BCUT2D eigenvalue weighted by molar-refractivity contribution is 0.0785. The Kier molecular flexibility index (Phi) is 9.66. The summed E-state index contributed by atoms with van der Waals surface area (Å²) in [4.78, 5) is 16.2. The Morgan fingerprint density at radius 1 is 1.09 bits per heavy atom. The number of aliphatic hydroxyl groups is 1. The SMILES string of the molecule is CC(C)(C)[Si](C)(C)OC[C@H]1[C@H](CC=NNC(=O)c2ccncc2)[C@H](O)C[C@@H]1O[Si](C)(C)C(C)(C)C. The Labute approximate surface area is 214 Å². The fourth-order valence-electron chi connectivity index (χ4n) is 3.77. The molecule has 0 spiro atoms. The van der Waals surface area contributed by atoms with Gasteiger partial charge in [-0.1, -0.05) is 41.5 Å². The number of rotatable bonds is 9. The zero-order chi connectivity index (χ0) is 26.7. The van der Waals surface area contributed by atoms with Gasteiger partial charge in [-0.3, -0.25) is 9.78 Å². The van der Waals surface area contributed by atoms with Crippen LogP contribution in [-0.4, -0.2) is 57.7 Å². The Hall–Kier alpha value is -1.40. The number of pyridine rings is 1. The lowest BCUT2D eigenvalue weighted by atomic mass is 9.92. The Bertz CT molecular complexity index is 864. The summed E-state index contributed by atoms with van der Waals surface area (Å²) in [6.45, 7) is 23.0. The Morgan fingerprint density at radius 3 is 2.20 bits per heavy atom. The van der Waals surface area contributed by atoms with Crippen molar-refractivity contribution < 1.29 is 18.8 Å². The lowest BCUT2D eigenvalue weighted by Crippen LogP contribution is -2.47. The molecular weight excluding hydrogens is 474 g/mol. The number of hydrogen-bond acceptors (Lipinski definition) is 6. The Morgan fingerprint density at radius 2 is 1.66 bits per heavy atom. The second-order valence-corrected chi connectivity index (χ2v) is 22.4. The van der Waals surface area contributed by atoms with Gasteiger partial charge in [-0.05, 0) is 67.2 Å². The fourth-order valence-corrected chi connectivity index (χ4v) is 6.19. The predicted molar refractivity (Wildman–Crippen MR) is 148 cm³/mol. The molecule has 1 saturated carbocycles. The first-order chi connectivity index (χ1) is 16.0. The highest BCUT2D eigenvalue weighted by atomic mass is 28.4. The molecule has 2 rings (SSSR count).